The molecule has 2 aromatic heterocycles. The number of rotatable bonds is 6. The van der Waals surface area contributed by atoms with E-state index in [2.05, 4.69) is 10.3 Å². The van der Waals surface area contributed by atoms with E-state index in [1.54, 1.807) is 24.5 Å². The monoisotopic (exact) mass is 351 g/mol. The van der Waals surface area contributed by atoms with Crippen LogP contribution < -0.4 is 15.6 Å². The molecule has 6 nitrogen and oxygen atoms in total. The lowest BCUT2D eigenvalue weighted by Crippen LogP contribution is -2.37. The van der Waals surface area contributed by atoms with Gasteiger partial charge in [0.2, 0.25) is 5.91 Å². The van der Waals surface area contributed by atoms with Crippen molar-refractivity contribution in [3.63, 3.8) is 0 Å². The van der Waals surface area contributed by atoms with Crippen molar-refractivity contribution in [2.24, 2.45) is 0 Å². The number of pyridine rings is 2. The third kappa shape index (κ3) is 4.08. The van der Waals surface area contributed by atoms with Crippen molar-refractivity contribution in [1.29, 1.82) is 0 Å². The zero-order valence-corrected chi connectivity index (χ0v) is 14.8. The van der Waals surface area contributed by atoms with Gasteiger partial charge in [-0.3, -0.25) is 19.1 Å². The van der Waals surface area contributed by atoms with Crippen molar-refractivity contribution in [2.45, 2.75) is 26.5 Å². The number of hydrogen-bond donors (Lipinski definition) is 1. The molecule has 0 saturated carbocycles. The molecule has 6 heteroatoms. The molecule has 0 bridgehead atoms. The second kappa shape index (κ2) is 7.82. The lowest BCUT2D eigenvalue weighted by atomic mass is 10.1. The molecule has 0 aliphatic carbocycles. The van der Waals surface area contributed by atoms with Crippen LogP contribution in [0.1, 0.15) is 12.5 Å². The highest BCUT2D eigenvalue weighted by atomic mass is 16.5. The number of ether oxygens (including phenoxy) is 1. The summed E-state index contributed by atoms with van der Waals surface area (Å²) in [5, 5.41) is 3.78. The lowest BCUT2D eigenvalue weighted by Gasteiger charge is -2.16. The van der Waals surface area contributed by atoms with Gasteiger partial charge in [0.15, 0.2) is 0 Å². The van der Waals surface area contributed by atoms with Gasteiger partial charge in [-0.15, -0.1) is 0 Å². The number of nitrogens with zero attached hydrogens (tertiary/aromatic N) is 2. The number of carbonyl (C=O) groups is 1. The maximum Gasteiger partial charge on any atom is 0.251 e. The molecule has 3 aromatic rings. The molecule has 0 radical (unpaired) electrons. The maximum atomic E-state index is 12.3. The number of aryl methyl sites for hydroxylation is 1. The number of carbonyl (C=O) groups excluding carboxylic acids is 1. The highest BCUT2D eigenvalue weighted by Gasteiger charge is 2.11. The Labute approximate surface area is 151 Å². The number of nitrogens with one attached hydrogen (secondary N) is 1. The number of para-hydroxylation sites is 1. The first-order valence-corrected chi connectivity index (χ1v) is 8.47. The molecule has 1 aromatic carbocycles. The first kappa shape index (κ1) is 17.7. The largest absolute Gasteiger partial charge is 0.487 e. The van der Waals surface area contributed by atoms with Crippen LogP contribution in [0.2, 0.25) is 0 Å². The minimum absolute atomic E-state index is 0.0285. The van der Waals surface area contributed by atoms with Crippen molar-refractivity contribution in [3.8, 4) is 5.75 Å². The van der Waals surface area contributed by atoms with Crippen LogP contribution >= 0.6 is 0 Å². The number of benzene rings is 1. The average Bonchev–Trinajstić information content (AvgIpc) is 2.64. The van der Waals surface area contributed by atoms with Crippen LogP contribution in [0.25, 0.3) is 10.9 Å². The van der Waals surface area contributed by atoms with Crippen LogP contribution in [-0.4, -0.2) is 28.1 Å². The summed E-state index contributed by atoms with van der Waals surface area (Å²) in [5.41, 5.74) is 1.48. The van der Waals surface area contributed by atoms with Crippen LogP contribution in [0, 0.1) is 6.92 Å². The molecule has 0 saturated heterocycles. The van der Waals surface area contributed by atoms with E-state index in [1.165, 1.54) is 4.57 Å². The van der Waals surface area contributed by atoms with Gasteiger partial charge in [-0.2, -0.15) is 0 Å². The average molecular weight is 351 g/mol. The van der Waals surface area contributed by atoms with Gasteiger partial charge in [0, 0.05) is 17.6 Å². The van der Waals surface area contributed by atoms with Gasteiger partial charge in [0.1, 0.15) is 18.4 Å². The molecule has 0 unspecified atom stereocenters. The second-order valence-corrected chi connectivity index (χ2v) is 6.19. The summed E-state index contributed by atoms with van der Waals surface area (Å²) in [6.07, 6.45) is 3.08. The molecule has 134 valence electrons. The Morgan fingerprint density at radius 3 is 2.85 bits per heavy atom. The zero-order chi connectivity index (χ0) is 18.5. The smallest absolute Gasteiger partial charge is 0.251 e. The fourth-order valence-corrected chi connectivity index (χ4v) is 2.81. The first-order valence-electron chi connectivity index (χ1n) is 8.47. The van der Waals surface area contributed by atoms with E-state index in [0.29, 0.717) is 12.3 Å². The third-order valence-electron chi connectivity index (χ3n) is 4.09. The van der Waals surface area contributed by atoms with Crippen molar-refractivity contribution in [3.05, 3.63) is 70.8 Å². The normalized spacial score (nSPS) is 11.9. The summed E-state index contributed by atoms with van der Waals surface area (Å²) in [7, 11) is 0. The van der Waals surface area contributed by atoms with Gasteiger partial charge < -0.3 is 10.1 Å². The van der Waals surface area contributed by atoms with Gasteiger partial charge in [0.25, 0.3) is 5.56 Å². The van der Waals surface area contributed by atoms with Crippen LogP contribution in [0.5, 0.6) is 5.75 Å². The van der Waals surface area contributed by atoms with E-state index < -0.39 is 0 Å². The number of fused-ring (bicyclic) bond motifs is 1. The van der Waals surface area contributed by atoms with Gasteiger partial charge in [0.05, 0.1) is 18.3 Å². The summed E-state index contributed by atoms with van der Waals surface area (Å²) in [6.45, 7) is 4.07. The van der Waals surface area contributed by atoms with E-state index in [4.69, 9.17) is 4.74 Å². The Hall–Kier alpha value is -3.15. The molecule has 26 heavy (non-hydrogen) atoms. The molecular formula is C20H21N3O3. The molecule has 0 spiro atoms. The van der Waals surface area contributed by atoms with Crippen molar-refractivity contribution < 1.29 is 9.53 Å². The molecule has 2 heterocycles. The van der Waals surface area contributed by atoms with Crippen molar-refractivity contribution in [1.82, 2.24) is 14.9 Å². The molecule has 1 amide bonds. The van der Waals surface area contributed by atoms with Gasteiger partial charge in [-0.05, 0) is 37.6 Å². The lowest BCUT2D eigenvalue weighted by molar-refractivity contribution is -0.122. The van der Waals surface area contributed by atoms with Crippen LogP contribution in [0.15, 0.2) is 59.7 Å². The van der Waals surface area contributed by atoms with Gasteiger partial charge in [-0.25, -0.2) is 0 Å². The quantitative estimate of drug-likeness (QED) is 0.739. The standard InChI is InChI=1S/C20H21N3O3/c1-14-10-20(25)23(18-8-4-3-7-17(14)18)13-19(24)22-11-15(2)26-16-6-5-9-21-12-16/h3-10,12,15H,11,13H2,1-2H3,(H,22,24)/t15-/m0/s1. The summed E-state index contributed by atoms with van der Waals surface area (Å²) in [5.74, 6) is 0.415. The van der Waals surface area contributed by atoms with E-state index in [1.807, 2.05) is 44.2 Å². The van der Waals surface area contributed by atoms with Crippen LogP contribution in [-0.2, 0) is 11.3 Å². The number of hydrogen-bond acceptors (Lipinski definition) is 4. The number of amides is 1. The topological polar surface area (TPSA) is 73.2 Å². The summed E-state index contributed by atoms with van der Waals surface area (Å²) >= 11 is 0. The van der Waals surface area contributed by atoms with Gasteiger partial charge in [-0.1, -0.05) is 18.2 Å². The van der Waals surface area contributed by atoms with Gasteiger partial charge >= 0.3 is 0 Å². The van der Waals surface area contributed by atoms with E-state index in [-0.39, 0.29) is 24.1 Å². The Balaban J connectivity index is 1.65. The molecule has 1 N–H and O–H groups in total. The molecule has 1 atom stereocenters. The van der Waals surface area contributed by atoms with E-state index >= 15 is 0 Å². The predicted octanol–water partition coefficient (Wildman–Crippen LogP) is 2.29. The molecule has 0 aliphatic heterocycles. The SMILES string of the molecule is Cc1cc(=O)n(CC(=O)NC[C@H](C)Oc2cccnc2)c2ccccc12. The maximum absolute atomic E-state index is 12.3. The minimum Gasteiger partial charge on any atom is -0.487 e. The van der Waals surface area contributed by atoms with Crippen LogP contribution in [0.3, 0.4) is 0 Å². The minimum atomic E-state index is -0.234. The van der Waals surface area contributed by atoms with E-state index in [0.717, 1.165) is 16.5 Å². The summed E-state index contributed by atoms with van der Waals surface area (Å²) < 4.78 is 7.17. The Kier molecular flexibility index (Phi) is 5.31. The predicted molar refractivity (Wildman–Crippen MR) is 100 cm³/mol. The molecule has 3 rings (SSSR count). The highest BCUT2D eigenvalue weighted by Crippen LogP contribution is 2.15. The number of aromatic nitrogens is 2. The Bertz CT molecular complexity index is 967. The van der Waals surface area contributed by atoms with Crippen LogP contribution in [0.4, 0.5) is 0 Å². The second-order valence-electron chi connectivity index (χ2n) is 6.19. The van der Waals surface area contributed by atoms with Crippen molar-refractivity contribution in [2.75, 3.05) is 6.54 Å². The highest BCUT2D eigenvalue weighted by molar-refractivity contribution is 5.84. The summed E-state index contributed by atoms with van der Waals surface area (Å²) in [4.78, 5) is 28.6. The fraction of sp³-hybridized carbons (Fsp3) is 0.250. The fourth-order valence-electron chi connectivity index (χ4n) is 2.81. The molecule has 0 aliphatic rings. The molecular weight excluding hydrogens is 330 g/mol. The Morgan fingerprint density at radius 2 is 2.08 bits per heavy atom. The van der Waals surface area contributed by atoms with Crippen molar-refractivity contribution >= 4 is 16.8 Å². The third-order valence-corrected chi connectivity index (χ3v) is 4.09. The summed E-state index contributed by atoms with van der Waals surface area (Å²) in [6, 6.07) is 12.7. The molecule has 0 fully saturated rings. The zero-order valence-electron chi connectivity index (χ0n) is 14.8. The Morgan fingerprint density at radius 1 is 1.27 bits per heavy atom. The van der Waals surface area contributed by atoms with E-state index in [9.17, 15) is 9.59 Å². The first-order chi connectivity index (χ1) is 12.5.